The third-order valence-corrected chi connectivity index (χ3v) is 6.57. The summed E-state index contributed by atoms with van der Waals surface area (Å²) in [5, 5.41) is 1.94. The van der Waals surface area contributed by atoms with Gasteiger partial charge in [0, 0.05) is 34.4 Å². The lowest BCUT2D eigenvalue weighted by molar-refractivity contribution is 0.469. The first-order valence-electron chi connectivity index (χ1n) is 6.35. The average molecular weight is 389 g/mol. The fraction of sp³-hybridized carbons (Fsp3) is 0.286. The van der Waals surface area contributed by atoms with Gasteiger partial charge in [-0.05, 0) is 46.6 Å². The van der Waals surface area contributed by atoms with Crippen molar-refractivity contribution in [1.29, 1.82) is 0 Å². The largest absolute Gasteiger partial charge is 0.324 e. The molecule has 0 amide bonds. The van der Waals surface area contributed by atoms with Gasteiger partial charge in [0.2, 0.25) is 10.0 Å². The van der Waals surface area contributed by atoms with Gasteiger partial charge in [-0.1, -0.05) is 12.1 Å². The first-order chi connectivity index (χ1) is 9.80. The molecule has 0 bridgehead atoms. The number of nitrogens with zero attached hydrogens (tertiary/aromatic N) is 1. The van der Waals surface area contributed by atoms with Crippen molar-refractivity contribution in [3.05, 3.63) is 50.6 Å². The predicted molar refractivity (Wildman–Crippen MR) is 89.7 cm³/mol. The van der Waals surface area contributed by atoms with Gasteiger partial charge in [-0.15, -0.1) is 11.3 Å². The summed E-state index contributed by atoms with van der Waals surface area (Å²) in [5.74, 6) is 0. The van der Waals surface area contributed by atoms with E-state index >= 15 is 0 Å². The lowest BCUT2D eigenvalue weighted by Gasteiger charge is -2.17. The van der Waals surface area contributed by atoms with Gasteiger partial charge in [0.15, 0.2) is 0 Å². The fourth-order valence-corrected chi connectivity index (χ4v) is 4.67. The van der Waals surface area contributed by atoms with Crippen LogP contribution in [0.2, 0.25) is 0 Å². The van der Waals surface area contributed by atoms with Crippen molar-refractivity contribution in [2.24, 2.45) is 5.73 Å². The summed E-state index contributed by atoms with van der Waals surface area (Å²) >= 11 is 4.90. The molecular weight excluding hydrogens is 372 g/mol. The van der Waals surface area contributed by atoms with E-state index in [1.54, 1.807) is 25.2 Å². The summed E-state index contributed by atoms with van der Waals surface area (Å²) in [4.78, 5) is 1.26. The Morgan fingerprint density at radius 3 is 2.67 bits per heavy atom. The molecule has 1 unspecified atom stereocenters. The van der Waals surface area contributed by atoms with Crippen molar-refractivity contribution in [3.8, 4) is 0 Å². The maximum atomic E-state index is 12.6. The highest BCUT2D eigenvalue weighted by atomic mass is 79.9. The molecule has 114 valence electrons. The second-order valence-electron chi connectivity index (χ2n) is 4.85. The van der Waals surface area contributed by atoms with Gasteiger partial charge in [-0.3, -0.25) is 0 Å². The summed E-state index contributed by atoms with van der Waals surface area (Å²) in [6.45, 7) is 2.18. The quantitative estimate of drug-likeness (QED) is 0.853. The zero-order valence-electron chi connectivity index (χ0n) is 11.8. The van der Waals surface area contributed by atoms with E-state index < -0.39 is 10.0 Å². The van der Waals surface area contributed by atoms with Crippen LogP contribution in [0, 0.1) is 0 Å². The molecule has 0 aliphatic rings. The molecule has 2 N–H and O–H groups in total. The van der Waals surface area contributed by atoms with Crippen LogP contribution in [0.5, 0.6) is 0 Å². The molecule has 7 heteroatoms. The van der Waals surface area contributed by atoms with E-state index in [-0.39, 0.29) is 10.9 Å². The Labute approximate surface area is 137 Å². The molecule has 0 spiro atoms. The number of benzene rings is 1. The summed E-state index contributed by atoms with van der Waals surface area (Å²) in [6.07, 6.45) is 0. The van der Waals surface area contributed by atoms with Crippen LogP contribution in [0.1, 0.15) is 23.4 Å². The summed E-state index contributed by atoms with van der Waals surface area (Å²) < 4.78 is 27.5. The standard InChI is InChI=1S/C14H17BrN2O2S2/c1-10(16)11-4-3-5-14(6-11)21(18,19)17(2)8-13-7-12(15)9-20-13/h3-7,9-10H,8,16H2,1-2H3. The molecule has 2 aromatic rings. The second-order valence-corrected chi connectivity index (χ2v) is 8.81. The molecule has 0 aliphatic carbocycles. The highest BCUT2D eigenvalue weighted by molar-refractivity contribution is 9.10. The number of halogens is 1. The fourth-order valence-electron chi connectivity index (χ4n) is 1.88. The molecule has 1 atom stereocenters. The van der Waals surface area contributed by atoms with E-state index in [2.05, 4.69) is 15.9 Å². The van der Waals surface area contributed by atoms with Gasteiger partial charge in [0.1, 0.15) is 0 Å². The maximum Gasteiger partial charge on any atom is 0.243 e. The number of hydrogen-bond acceptors (Lipinski definition) is 4. The maximum absolute atomic E-state index is 12.6. The van der Waals surface area contributed by atoms with E-state index in [4.69, 9.17) is 5.73 Å². The highest BCUT2D eigenvalue weighted by Crippen LogP contribution is 2.24. The van der Waals surface area contributed by atoms with Crippen LogP contribution >= 0.6 is 27.3 Å². The Morgan fingerprint density at radius 2 is 2.10 bits per heavy atom. The number of rotatable bonds is 5. The zero-order valence-corrected chi connectivity index (χ0v) is 15.0. The van der Waals surface area contributed by atoms with Gasteiger partial charge < -0.3 is 5.73 Å². The highest BCUT2D eigenvalue weighted by Gasteiger charge is 2.22. The average Bonchev–Trinajstić information content (AvgIpc) is 2.84. The SMILES string of the molecule is CC(N)c1cccc(S(=O)(=O)N(C)Cc2cc(Br)cs2)c1. The Bertz CT molecular complexity index is 726. The third-order valence-electron chi connectivity index (χ3n) is 3.09. The van der Waals surface area contributed by atoms with Gasteiger partial charge in [-0.25, -0.2) is 8.42 Å². The molecule has 0 fully saturated rings. The summed E-state index contributed by atoms with van der Waals surface area (Å²) in [5.41, 5.74) is 6.62. The van der Waals surface area contributed by atoms with Crippen LogP contribution in [0.15, 0.2) is 45.1 Å². The molecule has 1 aromatic carbocycles. The number of nitrogens with two attached hydrogens (primary N) is 1. The normalized spacial score (nSPS) is 13.6. The minimum Gasteiger partial charge on any atom is -0.324 e. The van der Waals surface area contributed by atoms with Crippen molar-refractivity contribution in [2.75, 3.05) is 7.05 Å². The molecular formula is C14H17BrN2O2S2. The van der Waals surface area contributed by atoms with Gasteiger partial charge >= 0.3 is 0 Å². The Hall–Kier alpha value is -0.730. The zero-order chi connectivity index (χ0) is 15.6. The van der Waals surface area contributed by atoms with Crippen LogP contribution in [0.4, 0.5) is 0 Å². The van der Waals surface area contributed by atoms with Crippen LogP contribution in [0.3, 0.4) is 0 Å². The molecule has 0 saturated carbocycles. The molecule has 4 nitrogen and oxygen atoms in total. The smallest absolute Gasteiger partial charge is 0.243 e. The van der Waals surface area contributed by atoms with Crippen molar-refractivity contribution in [3.63, 3.8) is 0 Å². The summed E-state index contributed by atoms with van der Waals surface area (Å²) in [7, 11) is -1.93. The van der Waals surface area contributed by atoms with E-state index in [9.17, 15) is 8.42 Å². The van der Waals surface area contributed by atoms with Gasteiger partial charge in [-0.2, -0.15) is 4.31 Å². The minimum atomic E-state index is -3.51. The van der Waals surface area contributed by atoms with E-state index in [1.807, 2.05) is 24.4 Å². The minimum absolute atomic E-state index is 0.196. The number of thiophene rings is 1. The van der Waals surface area contributed by atoms with Gasteiger partial charge in [0.05, 0.1) is 4.90 Å². The first kappa shape index (κ1) is 16.6. The molecule has 0 saturated heterocycles. The molecule has 21 heavy (non-hydrogen) atoms. The predicted octanol–water partition coefficient (Wildman–Crippen LogP) is 3.35. The van der Waals surface area contributed by atoms with E-state index in [1.165, 1.54) is 15.6 Å². The van der Waals surface area contributed by atoms with Crippen LogP contribution in [0.25, 0.3) is 0 Å². The Kier molecular flexibility index (Phi) is 5.21. The van der Waals surface area contributed by atoms with Crippen molar-refractivity contribution >= 4 is 37.3 Å². The van der Waals surface area contributed by atoms with Crippen molar-refractivity contribution < 1.29 is 8.42 Å². The van der Waals surface area contributed by atoms with Gasteiger partial charge in [0.25, 0.3) is 0 Å². The lowest BCUT2D eigenvalue weighted by atomic mass is 10.1. The topological polar surface area (TPSA) is 63.4 Å². The van der Waals surface area contributed by atoms with Crippen LogP contribution in [-0.4, -0.2) is 19.8 Å². The lowest BCUT2D eigenvalue weighted by Crippen LogP contribution is -2.26. The molecule has 2 rings (SSSR count). The molecule has 0 radical (unpaired) electrons. The molecule has 1 aromatic heterocycles. The number of sulfonamides is 1. The van der Waals surface area contributed by atoms with Crippen LogP contribution < -0.4 is 5.73 Å². The molecule has 0 aliphatic heterocycles. The van der Waals surface area contributed by atoms with E-state index in [0.717, 1.165) is 14.9 Å². The molecule has 1 heterocycles. The first-order valence-corrected chi connectivity index (χ1v) is 9.47. The summed E-state index contributed by atoms with van der Waals surface area (Å²) in [6, 6.07) is 8.53. The van der Waals surface area contributed by atoms with E-state index in [0.29, 0.717) is 6.54 Å². The number of hydrogen-bond donors (Lipinski definition) is 1. The van der Waals surface area contributed by atoms with Crippen molar-refractivity contribution in [2.45, 2.75) is 24.4 Å². The van der Waals surface area contributed by atoms with Crippen LogP contribution in [-0.2, 0) is 16.6 Å². The Morgan fingerprint density at radius 1 is 1.38 bits per heavy atom. The second kappa shape index (κ2) is 6.58. The Balaban J connectivity index is 2.26. The van der Waals surface area contributed by atoms with Crippen molar-refractivity contribution in [1.82, 2.24) is 4.31 Å². The third kappa shape index (κ3) is 3.92. The monoisotopic (exact) mass is 388 g/mol.